The van der Waals surface area contributed by atoms with Crippen LogP contribution in [0, 0.1) is 0 Å². The van der Waals surface area contributed by atoms with Crippen LogP contribution in [0.1, 0.15) is 393 Å². The fourth-order valence-electron chi connectivity index (χ4n) is 10.9. The molecule has 0 spiro atoms. The quantitative estimate of drug-likeness (QED) is 0.0261. The maximum absolute atomic E-state index is 12.9. The first-order chi connectivity index (χ1) is 39.0. The van der Waals surface area contributed by atoms with Crippen molar-refractivity contribution in [3.05, 3.63) is 36.5 Å². The summed E-state index contributed by atoms with van der Waals surface area (Å²) in [6, 6.07) is 0. The van der Waals surface area contributed by atoms with E-state index in [9.17, 15) is 14.4 Å². The summed E-state index contributed by atoms with van der Waals surface area (Å²) in [4.78, 5) is 38.3. The molecule has 0 aromatic heterocycles. The first kappa shape index (κ1) is 76.6. The van der Waals surface area contributed by atoms with Crippen LogP contribution in [0.5, 0.6) is 0 Å². The number of unbranched alkanes of at least 4 members (excludes halogenated alkanes) is 49. The van der Waals surface area contributed by atoms with Gasteiger partial charge < -0.3 is 14.2 Å². The molecule has 6 heteroatoms. The second-order valence-corrected chi connectivity index (χ2v) is 24.1. The van der Waals surface area contributed by atoms with E-state index in [1.807, 2.05) is 0 Å². The molecule has 464 valence electrons. The molecule has 0 N–H and O–H groups in total. The molecular weight excluding hydrogens is 973 g/mol. The molecular formula is C73H136O6. The molecule has 0 heterocycles. The van der Waals surface area contributed by atoms with Gasteiger partial charge in [-0.05, 0) is 51.4 Å². The summed E-state index contributed by atoms with van der Waals surface area (Å²) in [5.41, 5.74) is 0. The van der Waals surface area contributed by atoms with Crippen LogP contribution in [0.15, 0.2) is 36.5 Å². The number of carbonyl (C=O) groups excluding carboxylic acids is 3. The molecule has 1 unspecified atom stereocenters. The van der Waals surface area contributed by atoms with Crippen molar-refractivity contribution < 1.29 is 28.6 Å². The highest BCUT2D eigenvalue weighted by atomic mass is 16.6. The highest BCUT2D eigenvalue weighted by molar-refractivity contribution is 5.71. The lowest BCUT2D eigenvalue weighted by Crippen LogP contribution is -2.30. The fourth-order valence-corrected chi connectivity index (χ4v) is 10.9. The van der Waals surface area contributed by atoms with Crippen molar-refractivity contribution in [3.8, 4) is 0 Å². The third-order valence-electron chi connectivity index (χ3n) is 16.2. The highest BCUT2D eigenvalue weighted by Gasteiger charge is 2.19. The fraction of sp³-hybridized carbons (Fsp3) is 0.877. The number of esters is 3. The van der Waals surface area contributed by atoms with Crippen molar-refractivity contribution in [1.82, 2.24) is 0 Å². The monoisotopic (exact) mass is 1110 g/mol. The normalized spacial score (nSPS) is 12.2. The van der Waals surface area contributed by atoms with Gasteiger partial charge in [-0.15, -0.1) is 0 Å². The average molecular weight is 1110 g/mol. The lowest BCUT2D eigenvalue weighted by Gasteiger charge is -2.18. The van der Waals surface area contributed by atoms with E-state index < -0.39 is 6.10 Å². The van der Waals surface area contributed by atoms with Gasteiger partial charge in [0.2, 0.25) is 0 Å². The molecule has 0 radical (unpaired) electrons. The number of allylic oxidation sites excluding steroid dienone is 6. The van der Waals surface area contributed by atoms with E-state index in [2.05, 4.69) is 57.2 Å². The van der Waals surface area contributed by atoms with Crippen LogP contribution < -0.4 is 0 Å². The van der Waals surface area contributed by atoms with Crippen molar-refractivity contribution in [2.45, 2.75) is 399 Å². The predicted octanol–water partition coefficient (Wildman–Crippen LogP) is 24.3. The number of rotatable bonds is 66. The van der Waals surface area contributed by atoms with Crippen LogP contribution in [0.4, 0.5) is 0 Å². The minimum Gasteiger partial charge on any atom is -0.462 e. The molecule has 79 heavy (non-hydrogen) atoms. The predicted molar refractivity (Wildman–Crippen MR) is 344 cm³/mol. The summed E-state index contributed by atoms with van der Waals surface area (Å²) >= 11 is 0. The van der Waals surface area contributed by atoms with Crippen LogP contribution in [-0.2, 0) is 28.6 Å². The second kappa shape index (κ2) is 68.1. The molecule has 0 rings (SSSR count). The largest absolute Gasteiger partial charge is 0.462 e. The van der Waals surface area contributed by atoms with Gasteiger partial charge in [-0.1, -0.05) is 359 Å². The van der Waals surface area contributed by atoms with Gasteiger partial charge in [-0.3, -0.25) is 14.4 Å². The SMILES string of the molecule is CC/C=C\C/C=C\C/C=C\CCCCCC(=O)OCC(COC(=O)CCCCCCCCCCCCCCCCCCCCCCCCCCCCCCCCC)OC(=O)CCCCCCCCCCCCCCCCCCC. The van der Waals surface area contributed by atoms with E-state index in [0.29, 0.717) is 19.3 Å². The Bertz CT molecular complexity index is 1320. The van der Waals surface area contributed by atoms with Crippen LogP contribution in [0.25, 0.3) is 0 Å². The molecule has 1 atom stereocenters. The summed E-state index contributed by atoms with van der Waals surface area (Å²) in [5.74, 6) is -0.879. The Morgan fingerprint density at radius 1 is 0.266 bits per heavy atom. The topological polar surface area (TPSA) is 78.9 Å². The summed E-state index contributed by atoms with van der Waals surface area (Å²) in [5, 5.41) is 0. The van der Waals surface area contributed by atoms with Crippen molar-refractivity contribution in [2.24, 2.45) is 0 Å². The van der Waals surface area contributed by atoms with E-state index in [4.69, 9.17) is 14.2 Å². The summed E-state index contributed by atoms with van der Waals surface area (Å²) in [6.45, 7) is 6.58. The minimum absolute atomic E-state index is 0.0759. The molecule has 0 saturated heterocycles. The van der Waals surface area contributed by atoms with Gasteiger partial charge in [0.05, 0.1) is 0 Å². The molecule has 0 aliphatic heterocycles. The lowest BCUT2D eigenvalue weighted by atomic mass is 10.0. The van der Waals surface area contributed by atoms with Crippen LogP contribution in [-0.4, -0.2) is 37.2 Å². The Kier molecular flexibility index (Phi) is 66.1. The minimum atomic E-state index is -0.781. The Balaban J connectivity index is 4.12. The van der Waals surface area contributed by atoms with E-state index in [0.717, 1.165) is 83.5 Å². The molecule has 0 bridgehead atoms. The summed E-state index contributed by atoms with van der Waals surface area (Å²) in [6.07, 6.45) is 84.9. The van der Waals surface area contributed by atoms with Gasteiger partial charge in [-0.25, -0.2) is 0 Å². The molecule has 0 aromatic rings. The van der Waals surface area contributed by atoms with Crippen molar-refractivity contribution in [2.75, 3.05) is 13.2 Å². The van der Waals surface area contributed by atoms with Crippen molar-refractivity contribution in [1.29, 1.82) is 0 Å². The Hall–Kier alpha value is -2.37. The van der Waals surface area contributed by atoms with Gasteiger partial charge in [0, 0.05) is 19.3 Å². The van der Waals surface area contributed by atoms with E-state index in [-0.39, 0.29) is 31.1 Å². The van der Waals surface area contributed by atoms with Gasteiger partial charge in [0.15, 0.2) is 6.10 Å². The Morgan fingerprint density at radius 3 is 0.772 bits per heavy atom. The number of carbonyl (C=O) groups is 3. The van der Waals surface area contributed by atoms with E-state index in [1.54, 1.807) is 0 Å². The molecule has 0 aliphatic rings. The van der Waals surface area contributed by atoms with Crippen molar-refractivity contribution >= 4 is 17.9 Å². The van der Waals surface area contributed by atoms with Crippen LogP contribution in [0.3, 0.4) is 0 Å². The van der Waals surface area contributed by atoms with Crippen molar-refractivity contribution in [3.63, 3.8) is 0 Å². The molecule has 0 aromatic carbocycles. The summed E-state index contributed by atoms with van der Waals surface area (Å²) < 4.78 is 16.9. The zero-order chi connectivity index (χ0) is 57.1. The molecule has 0 fully saturated rings. The molecule has 0 aliphatic carbocycles. The maximum atomic E-state index is 12.9. The Labute approximate surface area is 493 Å². The van der Waals surface area contributed by atoms with Crippen LogP contribution in [0.2, 0.25) is 0 Å². The standard InChI is InChI=1S/C73H136O6/c1-4-7-10-13-16-19-22-25-27-29-30-31-32-33-34-35-36-37-38-39-40-41-42-44-45-48-51-54-57-60-63-66-72(75)78-69-70(68-77-71(74)65-62-59-56-53-50-47-24-21-18-15-12-9-6-3)79-73(76)67-64-61-58-55-52-49-46-43-28-26-23-20-17-14-11-8-5-2/h9,12,18,21,47,50,70H,4-8,10-11,13-17,19-20,22-46,48-49,51-69H2,1-3H3/b12-9-,21-18-,50-47-. The average Bonchev–Trinajstić information content (AvgIpc) is 3.45. The first-order valence-corrected chi connectivity index (χ1v) is 35.5. The molecule has 6 nitrogen and oxygen atoms in total. The van der Waals surface area contributed by atoms with Gasteiger partial charge in [-0.2, -0.15) is 0 Å². The molecule has 0 saturated carbocycles. The number of hydrogen-bond donors (Lipinski definition) is 0. The van der Waals surface area contributed by atoms with E-state index >= 15 is 0 Å². The van der Waals surface area contributed by atoms with E-state index in [1.165, 1.54) is 270 Å². The zero-order valence-corrected chi connectivity index (χ0v) is 53.4. The summed E-state index contributed by atoms with van der Waals surface area (Å²) in [7, 11) is 0. The van der Waals surface area contributed by atoms with Gasteiger partial charge >= 0.3 is 17.9 Å². The van der Waals surface area contributed by atoms with Crippen LogP contribution >= 0.6 is 0 Å². The Morgan fingerprint density at radius 2 is 0.494 bits per heavy atom. The van der Waals surface area contributed by atoms with Gasteiger partial charge in [0.1, 0.15) is 13.2 Å². The second-order valence-electron chi connectivity index (χ2n) is 24.1. The molecule has 0 amide bonds. The third-order valence-corrected chi connectivity index (χ3v) is 16.2. The zero-order valence-electron chi connectivity index (χ0n) is 53.4. The highest BCUT2D eigenvalue weighted by Crippen LogP contribution is 2.19. The number of ether oxygens (including phenoxy) is 3. The third kappa shape index (κ3) is 66.3. The first-order valence-electron chi connectivity index (χ1n) is 35.5. The smallest absolute Gasteiger partial charge is 0.306 e. The number of hydrogen-bond acceptors (Lipinski definition) is 6. The maximum Gasteiger partial charge on any atom is 0.306 e. The van der Waals surface area contributed by atoms with Gasteiger partial charge in [0.25, 0.3) is 0 Å². The lowest BCUT2D eigenvalue weighted by molar-refractivity contribution is -0.167.